The second-order valence-corrected chi connectivity index (χ2v) is 7.97. The van der Waals surface area contributed by atoms with Gasteiger partial charge < -0.3 is 5.32 Å². The zero-order valence-corrected chi connectivity index (χ0v) is 13.9. The van der Waals surface area contributed by atoms with Gasteiger partial charge in [-0.1, -0.05) is 24.9 Å². The average molecular weight is 324 g/mol. The molecular formula is C17H22ClNOS. The Bertz CT molecular complexity index is 504. The maximum atomic E-state index is 12.5. The normalized spacial score (nSPS) is 28.6. The van der Waals surface area contributed by atoms with E-state index in [4.69, 9.17) is 11.6 Å². The molecule has 2 aliphatic carbocycles. The van der Waals surface area contributed by atoms with Crippen molar-refractivity contribution in [1.82, 2.24) is 5.32 Å². The molecule has 0 spiro atoms. The summed E-state index contributed by atoms with van der Waals surface area (Å²) in [5, 5.41) is 4.03. The lowest BCUT2D eigenvalue weighted by atomic mass is 9.95. The van der Waals surface area contributed by atoms with Crippen LogP contribution in [0.2, 0.25) is 5.02 Å². The fourth-order valence-corrected chi connectivity index (χ4v) is 4.79. The molecule has 0 unspecified atom stereocenters. The summed E-state index contributed by atoms with van der Waals surface area (Å²) in [6, 6.07) is 8.16. The van der Waals surface area contributed by atoms with Crippen LogP contribution in [-0.2, 0) is 4.79 Å². The Morgan fingerprint density at radius 1 is 1.33 bits per heavy atom. The standard InChI is InChI=1S/C17H22ClNOS/c1-2-16(21-14-7-5-13(18)6-8-14)17(20)19-15-10-11-3-4-12(15)9-11/h5-8,11-12,15-16H,2-4,9-10H2,1H3,(H,19,20)/t11-,12-,15-,16-/m1/s1. The number of amides is 1. The van der Waals surface area contributed by atoms with E-state index in [0.29, 0.717) is 6.04 Å². The molecule has 0 aromatic heterocycles. The molecule has 2 saturated carbocycles. The first-order valence-corrected chi connectivity index (χ1v) is 9.14. The maximum absolute atomic E-state index is 12.5. The van der Waals surface area contributed by atoms with Gasteiger partial charge in [-0.05, 0) is 61.8 Å². The van der Waals surface area contributed by atoms with Gasteiger partial charge in [-0.2, -0.15) is 0 Å². The van der Waals surface area contributed by atoms with Crippen molar-refractivity contribution >= 4 is 29.3 Å². The van der Waals surface area contributed by atoms with E-state index in [9.17, 15) is 4.79 Å². The van der Waals surface area contributed by atoms with Gasteiger partial charge in [0.05, 0.1) is 5.25 Å². The highest BCUT2D eigenvalue weighted by Crippen LogP contribution is 2.44. The van der Waals surface area contributed by atoms with Crippen molar-refractivity contribution in [2.75, 3.05) is 0 Å². The average Bonchev–Trinajstić information content (AvgIpc) is 3.09. The summed E-state index contributed by atoms with van der Waals surface area (Å²) in [5.74, 6) is 1.80. The fourth-order valence-electron chi connectivity index (χ4n) is 3.70. The number of fused-ring (bicyclic) bond motifs is 2. The number of nitrogens with one attached hydrogen (secondary N) is 1. The van der Waals surface area contributed by atoms with Crippen molar-refractivity contribution in [1.29, 1.82) is 0 Å². The molecule has 4 heteroatoms. The smallest absolute Gasteiger partial charge is 0.233 e. The Balaban J connectivity index is 1.57. The number of hydrogen-bond donors (Lipinski definition) is 1. The second-order valence-electron chi connectivity index (χ2n) is 6.26. The third-order valence-corrected chi connectivity index (χ3v) is 6.45. The quantitative estimate of drug-likeness (QED) is 0.807. The Hall–Kier alpha value is -0.670. The predicted molar refractivity (Wildman–Crippen MR) is 88.8 cm³/mol. The number of carbonyl (C=O) groups excluding carboxylic acids is 1. The molecule has 21 heavy (non-hydrogen) atoms. The van der Waals surface area contributed by atoms with E-state index < -0.39 is 0 Å². The first-order valence-electron chi connectivity index (χ1n) is 7.88. The second kappa shape index (κ2) is 6.62. The molecule has 2 nitrogen and oxygen atoms in total. The molecule has 1 aromatic carbocycles. The van der Waals surface area contributed by atoms with Crippen molar-refractivity contribution in [3.05, 3.63) is 29.3 Å². The highest BCUT2D eigenvalue weighted by atomic mass is 35.5. The minimum absolute atomic E-state index is 0.00898. The van der Waals surface area contributed by atoms with Gasteiger partial charge in [-0.15, -0.1) is 11.8 Å². The van der Waals surface area contributed by atoms with E-state index in [2.05, 4.69) is 12.2 Å². The van der Waals surface area contributed by atoms with Gasteiger partial charge in [0.1, 0.15) is 0 Å². The highest BCUT2D eigenvalue weighted by molar-refractivity contribution is 8.00. The van der Waals surface area contributed by atoms with E-state index in [-0.39, 0.29) is 11.2 Å². The first kappa shape index (κ1) is 15.2. The number of rotatable bonds is 5. The van der Waals surface area contributed by atoms with E-state index in [1.165, 1.54) is 25.7 Å². The van der Waals surface area contributed by atoms with Gasteiger partial charge in [0.25, 0.3) is 0 Å². The summed E-state index contributed by atoms with van der Waals surface area (Å²) in [5.41, 5.74) is 0. The van der Waals surface area contributed by atoms with Gasteiger partial charge in [0.2, 0.25) is 5.91 Å². The molecular weight excluding hydrogens is 302 g/mol. The monoisotopic (exact) mass is 323 g/mol. The number of thioether (sulfide) groups is 1. The Kier molecular flexibility index (Phi) is 4.80. The minimum atomic E-state index is -0.00898. The molecule has 2 bridgehead atoms. The molecule has 0 heterocycles. The maximum Gasteiger partial charge on any atom is 0.233 e. The zero-order chi connectivity index (χ0) is 14.8. The van der Waals surface area contributed by atoms with Crippen molar-refractivity contribution in [3.8, 4) is 0 Å². The zero-order valence-electron chi connectivity index (χ0n) is 12.3. The molecule has 1 amide bonds. The SMILES string of the molecule is CC[C@@H](Sc1ccc(Cl)cc1)C(=O)N[C@@H]1C[C@@H]2CC[C@@H]1C2. The van der Waals surface area contributed by atoms with Crippen molar-refractivity contribution in [2.24, 2.45) is 11.8 Å². The van der Waals surface area contributed by atoms with Gasteiger partial charge in [-0.25, -0.2) is 0 Å². The molecule has 114 valence electrons. The van der Waals surface area contributed by atoms with E-state index in [1.807, 2.05) is 24.3 Å². The van der Waals surface area contributed by atoms with Gasteiger partial charge >= 0.3 is 0 Å². The van der Waals surface area contributed by atoms with Crippen molar-refractivity contribution in [3.63, 3.8) is 0 Å². The Labute approximate surface area is 136 Å². The summed E-state index contributed by atoms with van der Waals surface area (Å²) >= 11 is 7.54. The largest absolute Gasteiger partial charge is 0.352 e. The third kappa shape index (κ3) is 3.57. The van der Waals surface area contributed by atoms with Crippen LogP contribution >= 0.6 is 23.4 Å². The first-order chi connectivity index (χ1) is 10.2. The summed E-state index contributed by atoms with van der Waals surface area (Å²) in [4.78, 5) is 13.6. The molecule has 3 rings (SSSR count). The molecule has 0 saturated heterocycles. The van der Waals surface area contributed by atoms with Crippen LogP contribution in [0.25, 0.3) is 0 Å². The lowest BCUT2D eigenvalue weighted by Gasteiger charge is -2.25. The van der Waals surface area contributed by atoms with Crippen LogP contribution in [-0.4, -0.2) is 17.2 Å². The molecule has 1 aromatic rings. The molecule has 2 aliphatic rings. The van der Waals surface area contributed by atoms with Crippen LogP contribution in [0.3, 0.4) is 0 Å². The molecule has 2 fully saturated rings. The summed E-state index contributed by atoms with van der Waals surface area (Å²) in [6.07, 6.45) is 6.04. The predicted octanol–water partition coefficient (Wildman–Crippen LogP) is 4.52. The van der Waals surface area contributed by atoms with Crippen LogP contribution in [0.15, 0.2) is 29.2 Å². The Morgan fingerprint density at radius 2 is 2.10 bits per heavy atom. The van der Waals surface area contributed by atoms with Crippen molar-refractivity contribution in [2.45, 2.75) is 55.2 Å². The van der Waals surface area contributed by atoms with E-state index in [0.717, 1.165) is 28.2 Å². The van der Waals surface area contributed by atoms with Crippen LogP contribution in [0, 0.1) is 11.8 Å². The van der Waals surface area contributed by atoms with Gasteiger partial charge in [0, 0.05) is 16.0 Å². The van der Waals surface area contributed by atoms with Gasteiger partial charge in [0.15, 0.2) is 0 Å². The topological polar surface area (TPSA) is 29.1 Å². The Morgan fingerprint density at radius 3 is 2.67 bits per heavy atom. The van der Waals surface area contributed by atoms with Crippen molar-refractivity contribution < 1.29 is 4.79 Å². The van der Waals surface area contributed by atoms with E-state index >= 15 is 0 Å². The lowest BCUT2D eigenvalue weighted by molar-refractivity contribution is -0.121. The van der Waals surface area contributed by atoms with Gasteiger partial charge in [-0.3, -0.25) is 4.79 Å². The number of carbonyl (C=O) groups is 1. The summed E-state index contributed by atoms with van der Waals surface area (Å²) in [7, 11) is 0. The minimum Gasteiger partial charge on any atom is -0.352 e. The van der Waals surface area contributed by atoms with Crippen LogP contribution in [0.4, 0.5) is 0 Å². The molecule has 0 aliphatic heterocycles. The number of halogens is 1. The van der Waals surface area contributed by atoms with E-state index in [1.54, 1.807) is 11.8 Å². The fraction of sp³-hybridized carbons (Fsp3) is 0.588. The third-order valence-electron chi connectivity index (χ3n) is 4.82. The number of benzene rings is 1. The lowest BCUT2D eigenvalue weighted by Crippen LogP contribution is -2.42. The van der Waals surface area contributed by atoms with Crippen LogP contribution < -0.4 is 5.32 Å². The van der Waals surface area contributed by atoms with Crippen LogP contribution in [0.5, 0.6) is 0 Å². The summed E-state index contributed by atoms with van der Waals surface area (Å²) < 4.78 is 0. The summed E-state index contributed by atoms with van der Waals surface area (Å²) in [6.45, 7) is 2.08. The highest BCUT2D eigenvalue weighted by Gasteiger charge is 2.40. The molecule has 1 N–H and O–H groups in total. The molecule has 4 atom stereocenters. The number of hydrogen-bond acceptors (Lipinski definition) is 2. The molecule has 0 radical (unpaired) electrons. The van der Waals surface area contributed by atoms with Crippen LogP contribution in [0.1, 0.15) is 39.0 Å².